The molecule has 0 saturated carbocycles. The summed E-state index contributed by atoms with van der Waals surface area (Å²) in [7, 11) is 0. The summed E-state index contributed by atoms with van der Waals surface area (Å²) in [4.78, 5) is 27.7. The first-order chi connectivity index (χ1) is 22.5. The Kier molecular flexibility index (Phi) is 12.4. The van der Waals surface area contributed by atoms with Gasteiger partial charge in [0.1, 0.15) is 6.33 Å². The average molecular weight is 644 g/mol. The Bertz CT molecular complexity index is 1530. The molecule has 3 atom stereocenters. The first-order valence-electron chi connectivity index (χ1n) is 15.7. The molecule has 5 rings (SSSR count). The number of aliphatic hydroxyl groups excluding tert-OH is 1. The van der Waals surface area contributed by atoms with Crippen LogP contribution in [-0.2, 0) is 32.2 Å². The predicted molar refractivity (Wildman–Crippen MR) is 176 cm³/mol. The summed E-state index contributed by atoms with van der Waals surface area (Å²) in [6, 6.07) is 24.1. The van der Waals surface area contributed by atoms with Crippen molar-refractivity contribution in [1.29, 1.82) is 0 Å². The smallest absolute Gasteiger partial charge is 0.220 e. The van der Waals surface area contributed by atoms with Gasteiger partial charge in [0.25, 0.3) is 0 Å². The molecule has 1 aromatic heterocycles. The standard InChI is InChI=1S/C35H41N5O5S/c1-24(42)36-18-6-2-3-9-33(43)37-20-29-7-4-5-8-31(29)26-14-16-28(17-15-26)34-44-30(22-46-35-38-23-39-40-35)19-32(45-34)27-12-10-25(21-41)11-13-27/h4-5,7-8,10-17,23,30,32,34,41H,2-3,6,9,18-22H2,1H3,(H,36,42)(H,37,43)(H,38,39,40)/t30-,32+,34+/m0/s1. The largest absolute Gasteiger partial charge is 0.392 e. The summed E-state index contributed by atoms with van der Waals surface area (Å²) in [6.07, 6.45) is 4.37. The maximum absolute atomic E-state index is 12.5. The lowest BCUT2D eigenvalue weighted by Gasteiger charge is -2.36. The Hall–Kier alpha value is -4.03. The van der Waals surface area contributed by atoms with Crippen molar-refractivity contribution < 1.29 is 24.2 Å². The zero-order chi connectivity index (χ0) is 32.1. The second-order valence-corrected chi connectivity index (χ2v) is 12.3. The number of nitrogens with zero attached hydrogens (tertiary/aromatic N) is 2. The van der Waals surface area contributed by atoms with Gasteiger partial charge in [0, 0.05) is 44.2 Å². The Labute approximate surface area is 273 Å². The molecule has 4 N–H and O–H groups in total. The molecule has 1 aliphatic rings. The monoisotopic (exact) mass is 643 g/mol. The van der Waals surface area contributed by atoms with Gasteiger partial charge < -0.3 is 25.2 Å². The van der Waals surface area contributed by atoms with Crippen LogP contribution in [0.2, 0.25) is 0 Å². The van der Waals surface area contributed by atoms with Crippen molar-refractivity contribution in [3.63, 3.8) is 0 Å². The van der Waals surface area contributed by atoms with Crippen LogP contribution in [0.4, 0.5) is 0 Å². The summed E-state index contributed by atoms with van der Waals surface area (Å²) >= 11 is 1.56. The van der Waals surface area contributed by atoms with Crippen LogP contribution in [0.1, 0.15) is 73.7 Å². The number of nitrogens with one attached hydrogen (secondary N) is 3. The fourth-order valence-corrected chi connectivity index (χ4v) is 6.17. The number of hydrogen-bond donors (Lipinski definition) is 4. The number of unbranched alkanes of at least 4 members (excludes halogenated alkanes) is 2. The highest BCUT2D eigenvalue weighted by Gasteiger charge is 2.32. The van der Waals surface area contributed by atoms with Gasteiger partial charge in [0.15, 0.2) is 11.4 Å². The van der Waals surface area contributed by atoms with E-state index in [9.17, 15) is 14.7 Å². The number of thioether (sulfide) groups is 1. The van der Waals surface area contributed by atoms with Crippen molar-refractivity contribution in [2.75, 3.05) is 12.3 Å². The minimum absolute atomic E-state index is 0.00202. The van der Waals surface area contributed by atoms with E-state index in [4.69, 9.17) is 9.47 Å². The first kappa shape index (κ1) is 33.3. The van der Waals surface area contributed by atoms with E-state index in [0.717, 1.165) is 57.8 Å². The van der Waals surface area contributed by atoms with Gasteiger partial charge in [0.2, 0.25) is 11.8 Å². The van der Waals surface area contributed by atoms with Gasteiger partial charge in [-0.25, -0.2) is 4.98 Å². The highest BCUT2D eigenvalue weighted by molar-refractivity contribution is 7.99. The first-order valence-corrected chi connectivity index (χ1v) is 16.6. The van der Waals surface area contributed by atoms with Crippen molar-refractivity contribution in [1.82, 2.24) is 25.8 Å². The lowest BCUT2D eigenvalue weighted by Crippen LogP contribution is -2.31. The summed E-state index contributed by atoms with van der Waals surface area (Å²) in [5.41, 5.74) is 5.94. The molecule has 11 heteroatoms. The highest BCUT2D eigenvalue weighted by atomic mass is 32.2. The molecule has 10 nitrogen and oxygen atoms in total. The molecular weight excluding hydrogens is 602 g/mol. The van der Waals surface area contributed by atoms with Gasteiger partial charge in [-0.2, -0.15) is 5.10 Å². The van der Waals surface area contributed by atoms with Gasteiger partial charge in [-0.1, -0.05) is 91.0 Å². The van der Waals surface area contributed by atoms with E-state index < -0.39 is 6.29 Å². The molecule has 1 fully saturated rings. The maximum atomic E-state index is 12.5. The van der Waals surface area contributed by atoms with Crippen LogP contribution in [0.15, 0.2) is 84.3 Å². The van der Waals surface area contributed by atoms with E-state index in [2.05, 4.69) is 44.0 Å². The third kappa shape index (κ3) is 9.73. The minimum atomic E-state index is -0.557. The van der Waals surface area contributed by atoms with Crippen molar-refractivity contribution >= 4 is 23.6 Å². The molecule has 0 aliphatic carbocycles. The van der Waals surface area contributed by atoms with Crippen LogP contribution in [0.5, 0.6) is 0 Å². The fourth-order valence-electron chi connectivity index (χ4n) is 5.37. The maximum Gasteiger partial charge on any atom is 0.220 e. The number of hydrogen-bond acceptors (Lipinski definition) is 8. The molecular formula is C35H41N5O5S. The number of benzene rings is 3. The summed E-state index contributed by atoms with van der Waals surface area (Å²) in [5, 5.41) is 22.9. The number of H-pyrrole nitrogens is 1. The van der Waals surface area contributed by atoms with E-state index in [1.54, 1.807) is 11.8 Å². The summed E-state index contributed by atoms with van der Waals surface area (Å²) in [5.74, 6) is 0.682. The van der Waals surface area contributed by atoms with Crippen LogP contribution < -0.4 is 10.6 Å². The molecule has 2 heterocycles. The highest BCUT2D eigenvalue weighted by Crippen LogP contribution is 2.39. The van der Waals surface area contributed by atoms with Crippen molar-refractivity contribution in [3.05, 3.63) is 101 Å². The van der Waals surface area contributed by atoms with E-state index in [1.807, 2.05) is 54.6 Å². The summed E-state index contributed by atoms with van der Waals surface area (Å²) < 4.78 is 13.0. The van der Waals surface area contributed by atoms with Crippen LogP contribution in [0.3, 0.4) is 0 Å². The van der Waals surface area contributed by atoms with Gasteiger partial charge in [-0.3, -0.25) is 14.7 Å². The van der Waals surface area contributed by atoms with Gasteiger partial charge in [-0.05, 0) is 40.7 Å². The molecule has 3 aromatic carbocycles. The van der Waals surface area contributed by atoms with E-state index in [1.165, 1.54) is 13.3 Å². The quantitative estimate of drug-likeness (QED) is 0.0969. The minimum Gasteiger partial charge on any atom is -0.392 e. The van der Waals surface area contributed by atoms with Gasteiger partial charge in [0.05, 0.1) is 18.8 Å². The molecule has 242 valence electrons. The number of aromatic nitrogens is 3. The second kappa shape index (κ2) is 17.0. The van der Waals surface area contributed by atoms with Gasteiger partial charge >= 0.3 is 0 Å². The lowest BCUT2D eigenvalue weighted by molar-refractivity contribution is -0.245. The van der Waals surface area contributed by atoms with Crippen LogP contribution in [0, 0.1) is 0 Å². The number of carbonyl (C=O) groups is 2. The van der Waals surface area contributed by atoms with Crippen molar-refractivity contribution in [3.8, 4) is 11.1 Å². The molecule has 46 heavy (non-hydrogen) atoms. The third-order valence-electron chi connectivity index (χ3n) is 7.86. The molecule has 1 aliphatic heterocycles. The average Bonchev–Trinajstić information content (AvgIpc) is 3.62. The lowest BCUT2D eigenvalue weighted by atomic mass is 9.97. The van der Waals surface area contributed by atoms with E-state index in [-0.39, 0.29) is 30.6 Å². The zero-order valence-corrected chi connectivity index (χ0v) is 26.8. The number of ether oxygens (including phenoxy) is 2. The van der Waals surface area contributed by atoms with Crippen LogP contribution >= 0.6 is 11.8 Å². The summed E-state index contributed by atoms with van der Waals surface area (Å²) in [6.45, 7) is 2.59. The fraction of sp³-hybridized carbons (Fsp3) is 0.371. The Morgan fingerprint density at radius 1 is 0.957 bits per heavy atom. The molecule has 0 unspecified atom stereocenters. The Morgan fingerprint density at radius 3 is 2.48 bits per heavy atom. The number of aromatic amines is 1. The zero-order valence-electron chi connectivity index (χ0n) is 26.0. The molecule has 1 saturated heterocycles. The molecule has 2 amide bonds. The number of carbonyl (C=O) groups excluding carboxylic acids is 2. The van der Waals surface area contributed by atoms with E-state index in [0.29, 0.717) is 31.7 Å². The topological polar surface area (TPSA) is 138 Å². The molecule has 4 aromatic rings. The number of aliphatic hydroxyl groups is 1. The van der Waals surface area contributed by atoms with Crippen LogP contribution in [0.25, 0.3) is 11.1 Å². The van der Waals surface area contributed by atoms with Crippen LogP contribution in [-0.4, -0.2) is 50.5 Å². The number of rotatable bonds is 15. The molecule has 0 spiro atoms. The predicted octanol–water partition coefficient (Wildman–Crippen LogP) is 5.61. The van der Waals surface area contributed by atoms with Crippen molar-refractivity contribution in [2.45, 2.75) is 75.8 Å². The second-order valence-electron chi connectivity index (χ2n) is 11.3. The van der Waals surface area contributed by atoms with Gasteiger partial charge in [-0.15, -0.1) is 0 Å². The Balaban J connectivity index is 1.22. The normalized spacial score (nSPS) is 17.8. The SMILES string of the molecule is CC(=O)NCCCCCC(=O)NCc1ccccc1-c1ccc([C@@H]2O[C@H](CSc3ncn[nH]3)C[C@H](c3ccc(CO)cc3)O2)cc1. The molecule has 0 radical (unpaired) electrons. The van der Waals surface area contributed by atoms with Crippen molar-refractivity contribution in [2.24, 2.45) is 0 Å². The van der Waals surface area contributed by atoms with E-state index >= 15 is 0 Å². The molecule has 0 bridgehead atoms. The third-order valence-corrected chi connectivity index (χ3v) is 8.86. The Morgan fingerprint density at radius 2 is 1.74 bits per heavy atom. The number of amides is 2.